The van der Waals surface area contributed by atoms with Crippen LogP contribution in [0.4, 0.5) is 17.1 Å². The third kappa shape index (κ3) is 5.27. The number of hydrogen-bond acceptors (Lipinski definition) is 3. The zero-order valence-corrected chi connectivity index (χ0v) is 19.6. The molecule has 0 spiro atoms. The van der Waals surface area contributed by atoms with Crippen molar-refractivity contribution in [3.63, 3.8) is 0 Å². The molecule has 33 heavy (non-hydrogen) atoms. The fourth-order valence-corrected chi connectivity index (χ4v) is 3.84. The van der Waals surface area contributed by atoms with Gasteiger partial charge in [-0.15, -0.1) is 0 Å². The summed E-state index contributed by atoms with van der Waals surface area (Å²) in [6, 6.07) is 31.3. The highest BCUT2D eigenvalue weighted by atomic mass is 16.5. The maximum atomic E-state index is 5.34. The molecule has 0 aliphatic heterocycles. The van der Waals surface area contributed by atoms with Crippen LogP contribution in [0.5, 0.6) is 11.5 Å². The molecular formula is C30H29NO2. The zero-order chi connectivity index (χ0) is 23.2. The van der Waals surface area contributed by atoms with Crippen LogP contribution in [0.3, 0.4) is 0 Å². The highest BCUT2D eigenvalue weighted by molar-refractivity contribution is 5.78. The second-order valence-electron chi connectivity index (χ2n) is 8.02. The second kappa shape index (κ2) is 10.1. The predicted octanol–water partition coefficient (Wildman–Crippen LogP) is 7.96. The van der Waals surface area contributed by atoms with Gasteiger partial charge in [0.1, 0.15) is 11.5 Å². The van der Waals surface area contributed by atoms with E-state index < -0.39 is 0 Å². The van der Waals surface area contributed by atoms with Crippen molar-refractivity contribution in [3.05, 3.63) is 113 Å². The lowest BCUT2D eigenvalue weighted by molar-refractivity contribution is 0.415. The van der Waals surface area contributed by atoms with E-state index in [0.29, 0.717) is 0 Å². The Balaban J connectivity index is 1.65. The molecule has 0 aromatic heterocycles. The van der Waals surface area contributed by atoms with Crippen LogP contribution in [-0.2, 0) is 0 Å². The van der Waals surface area contributed by atoms with Crippen molar-refractivity contribution < 1.29 is 9.47 Å². The van der Waals surface area contributed by atoms with E-state index in [0.717, 1.165) is 34.1 Å². The first kappa shape index (κ1) is 22.2. The molecule has 4 aromatic rings. The van der Waals surface area contributed by atoms with Crippen LogP contribution in [-0.4, -0.2) is 14.2 Å². The van der Waals surface area contributed by atoms with Gasteiger partial charge in [0.15, 0.2) is 0 Å². The number of hydrogen-bond donors (Lipinski definition) is 0. The fourth-order valence-electron chi connectivity index (χ4n) is 3.84. The average Bonchev–Trinajstić information content (AvgIpc) is 2.85. The van der Waals surface area contributed by atoms with Crippen LogP contribution in [0.15, 0.2) is 91.0 Å². The molecule has 3 nitrogen and oxygen atoms in total. The molecule has 0 atom stereocenters. The van der Waals surface area contributed by atoms with Crippen molar-refractivity contribution in [1.82, 2.24) is 0 Å². The van der Waals surface area contributed by atoms with Gasteiger partial charge >= 0.3 is 0 Å². The van der Waals surface area contributed by atoms with Gasteiger partial charge in [0.25, 0.3) is 0 Å². The molecule has 4 aromatic carbocycles. The normalized spacial score (nSPS) is 10.9. The molecule has 0 heterocycles. The van der Waals surface area contributed by atoms with E-state index in [2.05, 4.69) is 97.6 Å². The molecule has 0 saturated heterocycles. The summed E-state index contributed by atoms with van der Waals surface area (Å²) in [5, 5.41) is 0. The molecule has 166 valence electrons. The van der Waals surface area contributed by atoms with E-state index in [9.17, 15) is 0 Å². The van der Waals surface area contributed by atoms with Gasteiger partial charge in [-0.25, -0.2) is 0 Å². The Kier molecular flexibility index (Phi) is 6.80. The van der Waals surface area contributed by atoms with E-state index in [1.807, 2.05) is 24.3 Å². The SMILES string of the molecule is COc1ccc(N(c2ccc(/C=C/c3ccc(C)cc3C)cc2)c2ccc(OC)cc2)cc1. The Morgan fingerprint density at radius 1 is 0.576 bits per heavy atom. The maximum absolute atomic E-state index is 5.34. The summed E-state index contributed by atoms with van der Waals surface area (Å²) in [7, 11) is 3.36. The first-order valence-corrected chi connectivity index (χ1v) is 11.0. The van der Waals surface area contributed by atoms with E-state index in [-0.39, 0.29) is 0 Å². The van der Waals surface area contributed by atoms with E-state index >= 15 is 0 Å². The average molecular weight is 436 g/mol. The van der Waals surface area contributed by atoms with Gasteiger partial charge in [-0.2, -0.15) is 0 Å². The Labute approximate surface area is 196 Å². The minimum Gasteiger partial charge on any atom is -0.497 e. The topological polar surface area (TPSA) is 21.7 Å². The van der Waals surface area contributed by atoms with Crippen molar-refractivity contribution >= 4 is 29.2 Å². The van der Waals surface area contributed by atoms with Gasteiger partial charge in [-0.3, -0.25) is 0 Å². The van der Waals surface area contributed by atoms with Gasteiger partial charge in [0.05, 0.1) is 14.2 Å². The minimum absolute atomic E-state index is 0.834. The molecule has 3 heteroatoms. The van der Waals surface area contributed by atoms with E-state index in [1.165, 1.54) is 16.7 Å². The lowest BCUT2D eigenvalue weighted by atomic mass is 10.0. The molecule has 0 amide bonds. The highest BCUT2D eigenvalue weighted by Gasteiger charge is 2.12. The van der Waals surface area contributed by atoms with Crippen molar-refractivity contribution in [2.24, 2.45) is 0 Å². The minimum atomic E-state index is 0.834. The maximum Gasteiger partial charge on any atom is 0.119 e. The van der Waals surface area contributed by atoms with Crippen molar-refractivity contribution in [1.29, 1.82) is 0 Å². The summed E-state index contributed by atoms with van der Waals surface area (Å²) in [5.74, 6) is 1.67. The smallest absolute Gasteiger partial charge is 0.119 e. The number of anilines is 3. The molecule has 0 N–H and O–H groups in total. The quantitative estimate of drug-likeness (QED) is 0.275. The predicted molar refractivity (Wildman–Crippen MR) is 139 cm³/mol. The molecule has 0 radical (unpaired) electrons. The van der Waals surface area contributed by atoms with Crippen LogP contribution in [0.1, 0.15) is 22.3 Å². The van der Waals surface area contributed by atoms with Gasteiger partial charge in [-0.1, -0.05) is 48.0 Å². The van der Waals surface area contributed by atoms with Crippen LogP contribution >= 0.6 is 0 Å². The van der Waals surface area contributed by atoms with E-state index in [4.69, 9.17) is 9.47 Å². The Morgan fingerprint density at radius 2 is 1.06 bits per heavy atom. The number of benzene rings is 4. The molecule has 0 aliphatic carbocycles. The fraction of sp³-hybridized carbons (Fsp3) is 0.133. The Morgan fingerprint density at radius 3 is 1.52 bits per heavy atom. The van der Waals surface area contributed by atoms with Gasteiger partial charge < -0.3 is 14.4 Å². The summed E-state index contributed by atoms with van der Waals surface area (Å²) < 4.78 is 10.7. The van der Waals surface area contributed by atoms with Gasteiger partial charge in [0, 0.05) is 17.1 Å². The molecule has 4 rings (SSSR count). The first-order chi connectivity index (χ1) is 16.1. The summed E-state index contributed by atoms with van der Waals surface area (Å²) in [4.78, 5) is 2.22. The first-order valence-electron chi connectivity index (χ1n) is 11.0. The van der Waals surface area contributed by atoms with Gasteiger partial charge in [-0.05, 0) is 91.2 Å². The summed E-state index contributed by atoms with van der Waals surface area (Å²) in [5.41, 5.74) is 8.15. The van der Waals surface area contributed by atoms with Crippen molar-refractivity contribution in [2.75, 3.05) is 19.1 Å². The summed E-state index contributed by atoms with van der Waals surface area (Å²) in [6.07, 6.45) is 4.33. The lowest BCUT2D eigenvalue weighted by Gasteiger charge is -2.26. The molecule has 0 fully saturated rings. The van der Waals surface area contributed by atoms with Crippen LogP contribution in [0, 0.1) is 13.8 Å². The Bertz CT molecular complexity index is 1180. The number of aryl methyl sites for hydroxylation is 2. The van der Waals surface area contributed by atoms with Gasteiger partial charge in [0.2, 0.25) is 0 Å². The molecule has 0 bridgehead atoms. The summed E-state index contributed by atoms with van der Waals surface area (Å²) in [6.45, 7) is 4.27. The zero-order valence-electron chi connectivity index (χ0n) is 19.6. The standard InChI is InChI=1S/C30H29NO2/c1-22-5-9-25(23(2)21-22)10-6-24-7-11-26(12-8-24)31(27-13-17-29(32-3)18-14-27)28-15-19-30(33-4)20-16-28/h5-21H,1-4H3/b10-6+. The molecule has 0 saturated carbocycles. The largest absolute Gasteiger partial charge is 0.497 e. The molecular weight excluding hydrogens is 406 g/mol. The second-order valence-corrected chi connectivity index (χ2v) is 8.02. The van der Waals surface area contributed by atoms with Crippen molar-refractivity contribution in [3.8, 4) is 11.5 Å². The van der Waals surface area contributed by atoms with Crippen LogP contribution < -0.4 is 14.4 Å². The monoisotopic (exact) mass is 435 g/mol. The molecule has 0 aliphatic rings. The van der Waals surface area contributed by atoms with E-state index in [1.54, 1.807) is 14.2 Å². The summed E-state index contributed by atoms with van der Waals surface area (Å²) >= 11 is 0. The number of ether oxygens (including phenoxy) is 2. The number of rotatable bonds is 7. The number of methoxy groups -OCH3 is 2. The third-order valence-corrected chi connectivity index (χ3v) is 5.69. The Hall–Kier alpha value is -3.98. The highest BCUT2D eigenvalue weighted by Crippen LogP contribution is 2.36. The van der Waals surface area contributed by atoms with Crippen LogP contribution in [0.2, 0.25) is 0 Å². The van der Waals surface area contributed by atoms with Crippen molar-refractivity contribution in [2.45, 2.75) is 13.8 Å². The third-order valence-electron chi connectivity index (χ3n) is 5.69. The number of nitrogens with zero attached hydrogens (tertiary/aromatic N) is 1. The van der Waals surface area contributed by atoms with Crippen LogP contribution in [0.25, 0.3) is 12.2 Å². The molecule has 0 unspecified atom stereocenters. The lowest BCUT2D eigenvalue weighted by Crippen LogP contribution is -2.09.